The lowest BCUT2D eigenvalue weighted by Crippen LogP contribution is -2.16. The Balaban J connectivity index is 1.97. The summed E-state index contributed by atoms with van der Waals surface area (Å²) in [6, 6.07) is 9.34. The molecule has 2 rings (SSSR count). The van der Waals surface area contributed by atoms with Crippen molar-refractivity contribution in [2.45, 2.75) is 51.5 Å². The van der Waals surface area contributed by atoms with Crippen LogP contribution >= 0.6 is 0 Å². The van der Waals surface area contributed by atoms with Crippen molar-refractivity contribution in [3.05, 3.63) is 35.4 Å². The summed E-state index contributed by atoms with van der Waals surface area (Å²) in [6.45, 7) is 4.39. The average Bonchev–Trinajstić information content (AvgIpc) is 2.40. The lowest BCUT2D eigenvalue weighted by atomic mass is 9.84. The van der Waals surface area contributed by atoms with Gasteiger partial charge in [-0.25, -0.2) is 0 Å². The van der Waals surface area contributed by atoms with Gasteiger partial charge in [-0.2, -0.15) is 0 Å². The molecule has 0 unspecified atom stereocenters. The fourth-order valence-corrected chi connectivity index (χ4v) is 2.75. The van der Waals surface area contributed by atoms with Crippen LogP contribution in [0.2, 0.25) is 0 Å². The van der Waals surface area contributed by atoms with E-state index in [1.54, 1.807) is 5.56 Å². The Hall–Kier alpha value is -0.820. The third-order valence-corrected chi connectivity index (χ3v) is 4.05. The molecule has 0 amide bonds. The Morgan fingerprint density at radius 3 is 2.29 bits per heavy atom. The van der Waals surface area contributed by atoms with E-state index in [1.165, 1.54) is 37.7 Å². The molecule has 1 saturated carbocycles. The van der Waals surface area contributed by atoms with Gasteiger partial charge in [0.05, 0.1) is 0 Å². The highest BCUT2D eigenvalue weighted by Crippen LogP contribution is 2.32. The van der Waals surface area contributed by atoms with Crippen LogP contribution in [-0.4, -0.2) is 18.5 Å². The van der Waals surface area contributed by atoms with Crippen LogP contribution in [0.25, 0.3) is 0 Å². The Labute approximate surface area is 106 Å². The number of rotatable bonds is 4. The standard InChI is InChI=1S/C16H25N/c1-3-17(2)13-14-9-11-16(12-10-14)15-7-5-4-6-8-15/h9-12,15H,3-8,13H2,1-2H3. The van der Waals surface area contributed by atoms with E-state index in [2.05, 4.69) is 43.1 Å². The molecule has 1 aromatic carbocycles. The number of benzene rings is 1. The maximum Gasteiger partial charge on any atom is 0.0230 e. The molecule has 1 aromatic rings. The molecular weight excluding hydrogens is 206 g/mol. The molecular formula is C16H25N. The summed E-state index contributed by atoms with van der Waals surface area (Å²) < 4.78 is 0. The second kappa shape index (κ2) is 6.20. The van der Waals surface area contributed by atoms with Gasteiger partial charge in [-0.3, -0.25) is 0 Å². The SMILES string of the molecule is CCN(C)Cc1ccc(C2CCCCC2)cc1. The third-order valence-electron chi connectivity index (χ3n) is 4.05. The fourth-order valence-electron chi connectivity index (χ4n) is 2.75. The molecule has 1 aliphatic rings. The molecule has 1 aliphatic carbocycles. The van der Waals surface area contributed by atoms with E-state index in [-0.39, 0.29) is 0 Å². The molecule has 0 heterocycles. The fraction of sp³-hybridized carbons (Fsp3) is 0.625. The monoisotopic (exact) mass is 231 g/mol. The molecule has 1 fully saturated rings. The van der Waals surface area contributed by atoms with Gasteiger partial charge in [0.25, 0.3) is 0 Å². The first-order chi connectivity index (χ1) is 8.29. The first-order valence-corrected chi connectivity index (χ1v) is 7.07. The topological polar surface area (TPSA) is 3.24 Å². The first-order valence-electron chi connectivity index (χ1n) is 7.07. The molecule has 0 atom stereocenters. The van der Waals surface area contributed by atoms with E-state index in [0.717, 1.165) is 19.0 Å². The molecule has 0 radical (unpaired) electrons. The predicted octanol–water partition coefficient (Wildman–Crippen LogP) is 4.19. The summed E-state index contributed by atoms with van der Waals surface area (Å²) >= 11 is 0. The zero-order valence-corrected chi connectivity index (χ0v) is 11.3. The Bertz CT molecular complexity index is 322. The minimum Gasteiger partial charge on any atom is -0.302 e. The second-order valence-corrected chi connectivity index (χ2v) is 5.41. The van der Waals surface area contributed by atoms with Gasteiger partial charge in [-0.15, -0.1) is 0 Å². The lowest BCUT2D eigenvalue weighted by Gasteiger charge is -2.22. The van der Waals surface area contributed by atoms with E-state index in [1.807, 2.05) is 0 Å². The molecule has 0 aliphatic heterocycles. The van der Waals surface area contributed by atoms with Crippen molar-refractivity contribution < 1.29 is 0 Å². The summed E-state index contributed by atoms with van der Waals surface area (Å²) in [6.07, 6.45) is 7.08. The molecule has 1 nitrogen and oxygen atoms in total. The zero-order chi connectivity index (χ0) is 12.1. The van der Waals surface area contributed by atoms with Crippen LogP contribution in [0, 0.1) is 0 Å². The molecule has 0 N–H and O–H groups in total. The molecule has 0 bridgehead atoms. The highest BCUT2D eigenvalue weighted by molar-refractivity contribution is 5.25. The minimum atomic E-state index is 0.835. The van der Waals surface area contributed by atoms with Crippen molar-refractivity contribution in [2.75, 3.05) is 13.6 Å². The molecule has 1 heteroatoms. The van der Waals surface area contributed by atoms with E-state index in [9.17, 15) is 0 Å². The Morgan fingerprint density at radius 1 is 1.06 bits per heavy atom. The van der Waals surface area contributed by atoms with Gasteiger partial charge in [-0.05, 0) is 43.5 Å². The van der Waals surface area contributed by atoms with Crippen LogP contribution < -0.4 is 0 Å². The predicted molar refractivity (Wildman–Crippen MR) is 74.3 cm³/mol. The quantitative estimate of drug-likeness (QED) is 0.751. The first kappa shape index (κ1) is 12.6. The van der Waals surface area contributed by atoms with Crippen LogP contribution in [0.3, 0.4) is 0 Å². The Kier molecular flexibility index (Phi) is 4.61. The largest absolute Gasteiger partial charge is 0.302 e. The maximum absolute atomic E-state index is 2.36. The van der Waals surface area contributed by atoms with E-state index in [0.29, 0.717) is 0 Å². The van der Waals surface area contributed by atoms with Crippen molar-refractivity contribution in [1.29, 1.82) is 0 Å². The smallest absolute Gasteiger partial charge is 0.0230 e. The van der Waals surface area contributed by atoms with Gasteiger partial charge in [-0.1, -0.05) is 50.5 Å². The molecule has 17 heavy (non-hydrogen) atoms. The highest BCUT2D eigenvalue weighted by Gasteiger charge is 2.14. The van der Waals surface area contributed by atoms with Crippen LogP contribution in [0.1, 0.15) is 56.1 Å². The van der Waals surface area contributed by atoms with Crippen LogP contribution in [0.4, 0.5) is 0 Å². The highest BCUT2D eigenvalue weighted by atomic mass is 15.1. The van der Waals surface area contributed by atoms with E-state index >= 15 is 0 Å². The summed E-state index contributed by atoms with van der Waals surface area (Å²) in [5, 5.41) is 0. The van der Waals surface area contributed by atoms with Gasteiger partial charge in [0.1, 0.15) is 0 Å². The van der Waals surface area contributed by atoms with Gasteiger partial charge in [0.15, 0.2) is 0 Å². The van der Waals surface area contributed by atoms with Gasteiger partial charge in [0.2, 0.25) is 0 Å². The normalized spacial score (nSPS) is 17.6. The molecule has 0 saturated heterocycles. The zero-order valence-electron chi connectivity index (χ0n) is 11.3. The summed E-state index contributed by atoms with van der Waals surface area (Å²) in [5.74, 6) is 0.835. The van der Waals surface area contributed by atoms with Crippen molar-refractivity contribution in [2.24, 2.45) is 0 Å². The summed E-state index contributed by atoms with van der Waals surface area (Å²) in [7, 11) is 2.18. The van der Waals surface area contributed by atoms with Gasteiger partial charge >= 0.3 is 0 Å². The molecule has 0 aromatic heterocycles. The second-order valence-electron chi connectivity index (χ2n) is 5.41. The van der Waals surface area contributed by atoms with Crippen LogP contribution in [-0.2, 0) is 6.54 Å². The number of nitrogens with zero attached hydrogens (tertiary/aromatic N) is 1. The van der Waals surface area contributed by atoms with Crippen LogP contribution in [0.5, 0.6) is 0 Å². The minimum absolute atomic E-state index is 0.835. The van der Waals surface area contributed by atoms with Gasteiger partial charge in [0, 0.05) is 6.54 Å². The van der Waals surface area contributed by atoms with Crippen molar-refractivity contribution in [3.8, 4) is 0 Å². The molecule has 94 valence electrons. The van der Waals surface area contributed by atoms with Crippen LogP contribution in [0.15, 0.2) is 24.3 Å². The Morgan fingerprint density at radius 2 is 1.71 bits per heavy atom. The lowest BCUT2D eigenvalue weighted by molar-refractivity contribution is 0.345. The summed E-state index contributed by atoms with van der Waals surface area (Å²) in [4.78, 5) is 2.34. The van der Waals surface area contributed by atoms with Crippen molar-refractivity contribution in [3.63, 3.8) is 0 Å². The van der Waals surface area contributed by atoms with E-state index < -0.39 is 0 Å². The van der Waals surface area contributed by atoms with Crippen molar-refractivity contribution in [1.82, 2.24) is 4.90 Å². The van der Waals surface area contributed by atoms with Gasteiger partial charge < -0.3 is 4.90 Å². The summed E-state index contributed by atoms with van der Waals surface area (Å²) in [5.41, 5.74) is 3.00. The number of hydrogen-bond acceptors (Lipinski definition) is 1. The van der Waals surface area contributed by atoms with Crippen molar-refractivity contribution >= 4 is 0 Å². The number of hydrogen-bond donors (Lipinski definition) is 0. The third kappa shape index (κ3) is 3.57. The average molecular weight is 231 g/mol. The molecule has 0 spiro atoms. The van der Waals surface area contributed by atoms with E-state index in [4.69, 9.17) is 0 Å². The maximum atomic E-state index is 2.36.